The van der Waals surface area contributed by atoms with Gasteiger partial charge >= 0.3 is 0 Å². The highest BCUT2D eigenvalue weighted by atomic mass is 14.8. The van der Waals surface area contributed by atoms with Gasteiger partial charge in [-0.25, -0.2) is 9.97 Å². The Labute approximate surface area is 173 Å². The van der Waals surface area contributed by atoms with Crippen molar-refractivity contribution in [1.82, 2.24) is 15.0 Å². The maximum Gasteiger partial charge on any atom is 0.115 e. The number of benzene rings is 4. The van der Waals surface area contributed by atoms with Crippen molar-refractivity contribution in [3.63, 3.8) is 0 Å². The van der Waals surface area contributed by atoms with Gasteiger partial charge in [0, 0.05) is 35.1 Å². The van der Waals surface area contributed by atoms with E-state index in [9.17, 15) is 0 Å². The standard InChI is InChI=1S/C27H17N3/c1-2-5-22-19(4-1)11-12-23-24-6-3-13-30-27(24)25(14-26(22)23)20-9-7-18(8-10-20)21-15-28-17-29-16-21/h1-17H. The molecule has 4 aromatic carbocycles. The number of nitrogens with zero attached hydrogens (tertiary/aromatic N) is 3. The summed E-state index contributed by atoms with van der Waals surface area (Å²) in [6.07, 6.45) is 7.09. The summed E-state index contributed by atoms with van der Waals surface area (Å²) >= 11 is 0. The fourth-order valence-electron chi connectivity index (χ4n) is 4.25. The van der Waals surface area contributed by atoms with Crippen molar-refractivity contribution < 1.29 is 0 Å². The van der Waals surface area contributed by atoms with Gasteiger partial charge in [-0.1, -0.05) is 66.7 Å². The summed E-state index contributed by atoms with van der Waals surface area (Å²) in [6, 6.07) is 28.0. The molecule has 30 heavy (non-hydrogen) atoms. The Balaban J connectivity index is 1.62. The van der Waals surface area contributed by atoms with Gasteiger partial charge in [0.25, 0.3) is 0 Å². The lowest BCUT2D eigenvalue weighted by atomic mass is 9.93. The van der Waals surface area contributed by atoms with Gasteiger partial charge in [-0.05, 0) is 44.8 Å². The molecule has 0 bridgehead atoms. The fourth-order valence-corrected chi connectivity index (χ4v) is 4.25. The van der Waals surface area contributed by atoms with Crippen molar-refractivity contribution in [1.29, 1.82) is 0 Å². The van der Waals surface area contributed by atoms with Crippen LogP contribution in [0.4, 0.5) is 0 Å². The number of hydrogen-bond acceptors (Lipinski definition) is 3. The van der Waals surface area contributed by atoms with Crippen LogP contribution >= 0.6 is 0 Å². The van der Waals surface area contributed by atoms with E-state index in [0.717, 1.165) is 27.8 Å². The van der Waals surface area contributed by atoms with Crippen LogP contribution in [0.2, 0.25) is 0 Å². The van der Waals surface area contributed by atoms with Crippen LogP contribution < -0.4 is 0 Å². The van der Waals surface area contributed by atoms with Gasteiger partial charge in [-0.2, -0.15) is 0 Å². The monoisotopic (exact) mass is 383 g/mol. The molecule has 0 aliphatic carbocycles. The van der Waals surface area contributed by atoms with Crippen molar-refractivity contribution in [2.45, 2.75) is 0 Å². The van der Waals surface area contributed by atoms with Crippen LogP contribution in [0.3, 0.4) is 0 Å². The molecule has 0 atom stereocenters. The number of pyridine rings is 1. The summed E-state index contributed by atoms with van der Waals surface area (Å²) in [5.74, 6) is 0. The average Bonchev–Trinajstić information content (AvgIpc) is 2.84. The van der Waals surface area contributed by atoms with Gasteiger partial charge in [0.1, 0.15) is 6.33 Å². The first kappa shape index (κ1) is 16.8. The zero-order chi connectivity index (χ0) is 19.9. The van der Waals surface area contributed by atoms with Crippen molar-refractivity contribution in [3.8, 4) is 22.3 Å². The van der Waals surface area contributed by atoms with Crippen LogP contribution in [-0.2, 0) is 0 Å². The number of fused-ring (bicyclic) bond motifs is 5. The Kier molecular flexibility index (Phi) is 3.78. The summed E-state index contributed by atoms with van der Waals surface area (Å²) in [6.45, 7) is 0. The molecule has 140 valence electrons. The molecule has 3 heteroatoms. The van der Waals surface area contributed by atoms with E-state index in [4.69, 9.17) is 4.98 Å². The second kappa shape index (κ2) is 6.75. The Morgan fingerprint density at radius 1 is 0.533 bits per heavy atom. The summed E-state index contributed by atoms with van der Waals surface area (Å²) in [7, 11) is 0. The Morgan fingerprint density at radius 2 is 1.30 bits per heavy atom. The number of hydrogen-bond donors (Lipinski definition) is 0. The summed E-state index contributed by atoms with van der Waals surface area (Å²) in [5.41, 5.74) is 5.43. The van der Waals surface area contributed by atoms with Crippen molar-refractivity contribution in [3.05, 3.63) is 104 Å². The van der Waals surface area contributed by atoms with E-state index in [1.165, 1.54) is 26.9 Å². The quantitative estimate of drug-likeness (QED) is 0.314. The van der Waals surface area contributed by atoms with Crippen molar-refractivity contribution >= 4 is 32.4 Å². The van der Waals surface area contributed by atoms with E-state index in [2.05, 4.69) is 82.8 Å². The molecule has 0 saturated heterocycles. The van der Waals surface area contributed by atoms with Gasteiger partial charge in [0.05, 0.1) is 5.52 Å². The van der Waals surface area contributed by atoms with Crippen LogP contribution in [0.15, 0.2) is 104 Å². The minimum atomic E-state index is 1.01. The largest absolute Gasteiger partial charge is 0.256 e. The van der Waals surface area contributed by atoms with Gasteiger partial charge in [-0.3, -0.25) is 4.98 Å². The highest BCUT2D eigenvalue weighted by molar-refractivity contribution is 6.20. The van der Waals surface area contributed by atoms with Crippen LogP contribution in [0.25, 0.3) is 54.7 Å². The van der Waals surface area contributed by atoms with E-state index < -0.39 is 0 Å². The molecule has 0 saturated carbocycles. The molecule has 0 N–H and O–H groups in total. The van der Waals surface area contributed by atoms with E-state index in [1.54, 1.807) is 6.33 Å². The fraction of sp³-hybridized carbons (Fsp3) is 0. The Morgan fingerprint density at radius 3 is 2.17 bits per heavy atom. The minimum absolute atomic E-state index is 1.01. The lowest BCUT2D eigenvalue weighted by molar-refractivity contribution is 1.17. The topological polar surface area (TPSA) is 38.7 Å². The van der Waals surface area contributed by atoms with Gasteiger partial charge in [-0.15, -0.1) is 0 Å². The summed E-state index contributed by atoms with van der Waals surface area (Å²) < 4.78 is 0. The van der Waals surface area contributed by atoms with E-state index in [-0.39, 0.29) is 0 Å². The van der Waals surface area contributed by atoms with Gasteiger partial charge < -0.3 is 0 Å². The SMILES string of the molecule is c1ccc2c(c1)ccc1c3cccnc3c(-c3ccc(-c4cncnc4)cc3)cc21. The first-order valence-corrected chi connectivity index (χ1v) is 9.93. The Hall–Kier alpha value is -4.11. The Bertz CT molecular complexity index is 1520. The summed E-state index contributed by atoms with van der Waals surface area (Å²) in [4.78, 5) is 13.0. The van der Waals surface area contributed by atoms with Crippen molar-refractivity contribution in [2.75, 3.05) is 0 Å². The zero-order valence-corrected chi connectivity index (χ0v) is 16.2. The molecule has 0 fully saturated rings. The van der Waals surface area contributed by atoms with Crippen LogP contribution in [-0.4, -0.2) is 15.0 Å². The molecule has 2 heterocycles. The summed E-state index contributed by atoms with van der Waals surface area (Å²) in [5, 5.41) is 6.18. The van der Waals surface area contributed by atoms with Crippen LogP contribution in [0, 0.1) is 0 Å². The molecule has 0 aliphatic heterocycles. The third kappa shape index (κ3) is 2.64. The molecule has 6 rings (SSSR count). The van der Waals surface area contributed by atoms with Gasteiger partial charge in [0.2, 0.25) is 0 Å². The third-order valence-corrected chi connectivity index (χ3v) is 5.70. The molecule has 0 radical (unpaired) electrons. The molecule has 2 aromatic heterocycles. The lowest BCUT2D eigenvalue weighted by Crippen LogP contribution is -1.89. The van der Waals surface area contributed by atoms with E-state index >= 15 is 0 Å². The highest BCUT2D eigenvalue weighted by Crippen LogP contribution is 2.37. The molecule has 0 spiro atoms. The van der Waals surface area contributed by atoms with Gasteiger partial charge in [0.15, 0.2) is 0 Å². The maximum atomic E-state index is 4.75. The predicted molar refractivity (Wildman–Crippen MR) is 123 cm³/mol. The smallest absolute Gasteiger partial charge is 0.115 e. The van der Waals surface area contributed by atoms with Crippen LogP contribution in [0.1, 0.15) is 0 Å². The number of aromatic nitrogens is 3. The van der Waals surface area contributed by atoms with Crippen molar-refractivity contribution in [2.24, 2.45) is 0 Å². The molecular weight excluding hydrogens is 366 g/mol. The third-order valence-electron chi connectivity index (χ3n) is 5.70. The molecule has 0 aliphatic rings. The van der Waals surface area contributed by atoms with E-state index in [1.807, 2.05) is 24.7 Å². The minimum Gasteiger partial charge on any atom is -0.256 e. The highest BCUT2D eigenvalue weighted by Gasteiger charge is 2.12. The van der Waals surface area contributed by atoms with Crippen LogP contribution in [0.5, 0.6) is 0 Å². The average molecular weight is 383 g/mol. The number of rotatable bonds is 2. The zero-order valence-electron chi connectivity index (χ0n) is 16.2. The molecule has 0 amide bonds. The molecule has 6 aromatic rings. The predicted octanol–water partition coefficient (Wildman–Crippen LogP) is 6.67. The maximum absolute atomic E-state index is 4.75. The normalized spacial score (nSPS) is 11.3. The second-order valence-corrected chi connectivity index (χ2v) is 7.41. The molecular formula is C27H17N3. The lowest BCUT2D eigenvalue weighted by Gasteiger charge is -2.12. The van der Waals surface area contributed by atoms with E-state index in [0.29, 0.717) is 0 Å². The molecule has 0 unspecified atom stereocenters. The first-order chi connectivity index (χ1) is 14.9. The molecule has 3 nitrogen and oxygen atoms in total. The second-order valence-electron chi connectivity index (χ2n) is 7.41. The first-order valence-electron chi connectivity index (χ1n) is 9.93.